The molecule has 5 nitrogen and oxygen atoms in total. The van der Waals surface area contributed by atoms with E-state index in [1.165, 1.54) is 30.3 Å². The first-order valence-electron chi connectivity index (χ1n) is 9.72. The molecule has 3 rings (SSSR count). The topological polar surface area (TPSA) is 57.7 Å². The van der Waals surface area contributed by atoms with Crippen LogP contribution in [0.5, 0.6) is 0 Å². The van der Waals surface area contributed by atoms with Crippen LogP contribution < -0.4 is 4.31 Å². The maximum absolute atomic E-state index is 13.3. The second kappa shape index (κ2) is 9.07. The number of hydrogen-bond donors (Lipinski definition) is 0. The highest BCUT2D eigenvalue weighted by molar-refractivity contribution is 7.92. The number of likely N-dealkylation sites (tertiary alicyclic amines) is 1. The van der Waals surface area contributed by atoms with Crippen molar-refractivity contribution in [2.45, 2.75) is 36.8 Å². The van der Waals surface area contributed by atoms with Crippen LogP contribution >= 0.6 is 0 Å². The zero-order valence-corrected chi connectivity index (χ0v) is 17.1. The van der Waals surface area contributed by atoms with Crippen LogP contribution in [0.1, 0.15) is 31.2 Å². The summed E-state index contributed by atoms with van der Waals surface area (Å²) in [6, 6.07) is 11.4. The summed E-state index contributed by atoms with van der Waals surface area (Å²) in [5.41, 5.74) is -1.17. The van der Waals surface area contributed by atoms with Gasteiger partial charge in [0.1, 0.15) is 6.54 Å². The third-order valence-corrected chi connectivity index (χ3v) is 6.82. The van der Waals surface area contributed by atoms with E-state index in [9.17, 15) is 26.4 Å². The number of halogens is 3. The Morgan fingerprint density at radius 1 is 0.933 bits per heavy atom. The van der Waals surface area contributed by atoms with Crippen LogP contribution in [0.25, 0.3) is 0 Å². The highest BCUT2D eigenvalue weighted by Crippen LogP contribution is 2.33. The van der Waals surface area contributed by atoms with Crippen molar-refractivity contribution in [3.63, 3.8) is 0 Å². The number of alkyl halides is 3. The van der Waals surface area contributed by atoms with Crippen molar-refractivity contribution >= 4 is 21.6 Å². The van der Waals surface area contributed by atoms with E-state index in [-0.39, 0.29) is 10.6 Å². The lowest BCUT2D eigenvalue weighted by molar-refractivity contribution is -0.137. The van der Waals surface area contributed by atoms with Gasteiger partial charge in [0.05, 0.1) is 16.1 Å². The third-order valence-electron chi connectivity index (χ3n) is 5.03. The molecule has 0 radical (unpaired) electrons. The molecular weight excluding hydrogens is 417 g/mol. The van der Waals surface area contributed by atoms with E-state index >= 15 is 0 Å². The number of carbonyl (C=O) groups is 1. The fourth-order valence-corrected chi connectivity index (χ4v) is 4.84. The summed E-state index contributed by atoms with van der Waals surface area (Å²) in [7, 11) is -4.24. The second-order valence-electron chi connectivity index (χ2n) is 7.17. The lowest BCUT2D eigenvalue weighted by Crippen LogP contribution is -2.43. The van der Waals surface area contributed by atoms with Crippen molar-refractivity contribution in [3.05, 3.63) is 60.2 Å². The van der Waals surface area contributed by atoms with Gasteiger partial charge >= 0.3 is 6.18 Å². The Morgan fingerprint density at radius 3 is 2.17 bits per heavy atom. The van der Waals surface area contributed by atoms with Gasteiger partial charge in [-0.25, -0.2) is 8.42 Å². The molecule has 0 aliphatic carbocycles. The molecule has 0 aromatic heterocycles. The van der Waals surface area contributed by atoms with Gasteiger partial charge in [-0.3, -0.25) is 9.10 Å². The zero-order chi connectivity index (χ0) is 21.8. The first-order valence-corrected chi connectivity index (χ1v) is 11.2. The number of hydrogen-bond acceptors (Lipinski definition) is 3. The predicted molar refractivity (Wildman–Crippen MR) is 107 cm³/mol. The summed E-state index contributed by atoms with van der Waals surface area (Å²) in [6.45, 7) is 0.472. The van der Waals surface area contributed by atoms with Crippen LogP contribution in [0.3, 0.4) is 0 Å². The van der Waals surface area contributed by atoms with Crippen LogP contribution in [-0.2, 0) is 21.0 Å². The quantitative estimate of drug-likeness (QED) is 0.697. The summed E-state index contributed by atoms with van der Waals surface area (Å²) < 4.78 is 66.9. The number of carbonyl (C=O) groups excluding carboxylic acids is 1. The van der Waals surface area contributed by atoms with E-state index in [4.69, 9.17) is 0 Å². The maximum atomic E-state index is 13.3. The molecule has 0 spiro atoms. The van der Waals surface area contributed by atoms with E-state index in [1.54, 1.807) is 11.0 Å². The third kappa shape index (κ3) is 5.13. The summed E-state index contributed by atoms with van der Waals surface area (Å²) >= 11 is 0. The Hall–Kier alpha value is -2.55. The van der Waals surface area contributed by atoms with Crippen LogP contribution in [0.2, 0.25) is 0 Å². The van der Waals surface area contributed by atoms with E-state index < -0.39 is 34.2 Å². The van der Waals surface area contributed by atoms with Gasteiger partial charge < -0.3 is 4.90 Å². The van der Waals surface area contributed by atoms with Gasteiger partial charge in [0, 0.05) is 13.1 Å². The molecule has 1 saturated heterocycles. The number of benzene rings is 2. The number of amides is 1. The Balaban J connectivity index is 2.00. The van der Waals surface area contributed by atoms with Crippen molar-refractivity contribution in [2.24, 2.45) is 0 Å². The SMILES string of the molecule is O=C(CN(c1cccc(C(F)(F)F)c1)S(=O)(=O)c1ccccc1)N1CCCCCC1. The molecule has 162 valence electrons. The molecule has 9 heteroatoms. The molecule has 1 amide bonds. The zero-order valence-electron chi connectivity index (χ0n) is 16.3. The molecule has 0 N–H and O–H groups in total. The Labute approximate surface area is 174 Å². The molecule has 0 unspecified atom stereocenters. The summed E-state index contributed by atoms with van der Waals surface area (Å²) in [5, 5.41) is 0. The Morgan fingerprint density at radius 2 is 1.57 bits per heavy atom. The smallest absolute Gasteiger partial charge is 0.341 e. The number of sulfonamides is 1. The van der Waals surface area contributed by atoms with Gasteiger partial charge in [-0.2, -0.15) is 13.2 Å². The molecule has 1 aliphatic heterocycles. The predicted octanol–water partition coefficient (Wildman–Crippen LogP) is 4.30. The summed E-state index contributed by atoms with van der Waals surface area (Å²) in [5.74, 6) is -0.422. The van der Waals surface area contributed by atoms with Crippen molar-refractivity contribution in [2.75, 3.05) is 23.9 Å². The minimum absolute atomic E-state index is 0.0916. The van der Waals surface area contributed by atoms with E-state index in [0.717, 1.165) is 48.2 Å². The fourth-order valence-electron chi connectivity index (χ4n) is 3.42. The molecule has 1 heterocycles. The van der Waals surface area contributed by atoms with E-state index in [1.807, 2.05) is 0 Å². The lowest BCUT2D eigenvalue weighted by atomic mass is 10.2. The number of anilines is 1. The first kappa shape index (κ1) is 22.1. The minimum atomic E-state index is -4.63. The molecule has 0 atom stereocenters. The maximum Gasteiger partial charge on any atom is 0.416 e. The summed E-state index contributed by atoms with van der Waals surface area (Å²) in [6.07, 6.45) is -1.01. The largest absolute Gasteiger partial charge is 0.416 e. The Bertz CT molecular complexity index is 970. The fraction of sp³-hybridized carbons (Fsp3) is 0.381. The van der Waals surface area contributed by atoms with Gasteiger partial charge in [0.15, 0.2) is 0 Å². The molecule has 0 saturated carbocycles. The highest BCUT2D eigenvalue weighted by atomic mass is 32.2. The van der Waals surface area contributed by atoms with Crippen molar-refractivity contribution in [1.82, 2.24) is 4.90 Å². The van der Waals surface area contributed by atoms with Crippen molar-refractivity contribution < 1.29 is 26.4 Å². The monoisotopic (exact) mass is 440 g/mol. The van der Waals surface area contributed by atoms with Crippen LogP contribution in [0.15, 0.2) is 59.5 Å². The molecule has 2 aromatic rings. The van der Waals surface area contributed by atoms with E-state index in [2.05, 4.69) is 0 Å². The van der Waals surface area contributed by atoms with Gasteiger partial charge in [0.25, 0.3) is 10.0 Å². The standard InChI is InChI=1S/C21H23F3N2O3S/c22-21(23,24)17-9-8-10-18(15-17)26(30(28,29)19-11-4-3-5-12-19)16-20(27)25-13-6-1-2-7-14-25/h3-5,8-12,15H,1-2,6-7,13-14,16H2. The van der Waals surface area contributed by atoms with Crippen LogP contribution in [-0.4, -0.2) is 38.9 Å². The normalized spacial score (nSPS) is 15.5. The van der Waals surface area contributed by atoms with Gasteiger partial charge in [-0.1, -0.05) is 37.1 Å². The molecular formula is C21H23F3N2O3S. The number of nitrogens with zero attached hydrogens (tertiary/aromatic N) is 2. The van der Waals surface area contributed by atoms with Crippen molar-refractivity contribution in [3.8, 4) is 0 Å². The number of rotatable bonds is 5. The first-order chi connectivity index (χ1) is 14.2. The van der Waals surface area contributed by atoms with E-state index in [0.29, 0.717) is 13.1 Å². The van der Waals surface area contributed by atoms with Gasteiger partial charge in [-0.15, -0.1) is 0 Å². The van der Waals surface area contributed by atoms with Crippen LogP contribution in [0, 0.1) is 0 Å². The summed E-state index contributed by atoms with van der Waals surface area (Å²) in [4.78, 5) is 14.4. The Kier molecular flexibility index (Phi) is 6.70. The minimum Gasteiger partial charge on any atom is -0.341 e. The molecule has 1 aliphatic rings. The molecule has 30 heavy (non-hydrogen) atoms. The second-order valence-corrected chi connectivity index (χ2v) is 9.03. The lowest BCUT2D eigenvalue weighted by Gasteiger charge is -2.28. The average Bonchev–Trinajstić information content (AvgIpc) is 3.01. The molecule has 2 aromatic carbocycles. The van der Waals surface area contributed by atoms with Gasteiger partial charge in [-0.05, 0) is 43.2 Å². The average molecular weight is 440 g/mol. The van der Waals surface area contributed by atoms with Gasteiger partial charge in [0.2, 0.25) is 5.91 Å². The molecule has 1 fully saturated rings. The molecule has 0 bridgehead atoms. The highest BCUT2D eigenvalue weighted by Gasteiger charge is 2.33. The van der Waals surface area contributed by atoms with Crippen LogP contribution in [0.4, 0.5) is 18.9 Å². The van der Waals surface area contributed by atoms with Crippen molar-refractivity contribution in [1.29, 1.82) is 0 Å².